The number of carbonyl (C=O) groups is 3. The fraction of sp³-hybridized carbons (Fsp3) is 0.222. The lowest BCUT2D eigenvalue weighted by atomic mass is 9.76. The van der Waals surface area contributed by atoms with Gasteiger partial charge in [-0.05, 0) is 35.7 Å². The summed E-state index contributed by atoms with van der Waals surface area (Å²) in [6, 6.07) is 20.4. The molecule has 4 atom stereocenters. The van der Waals surface area contributed by atoms with Crippen molar-refractivity contribution in [2.24, 2.45) is 11.8 Å². The molecule has 0 aromatic heterocycles. The molecule has 0 saturated carbocycles. The summed E-state index contributed by atoms with van der Waals surface area (Å²) in [7, 11) is 0. The van der Waals surface area contributed by atoms with E-state index in [1.165, 1.54) is 17.0 Å². The van der Waals surface area contributed by atoms with E-state index in [4.69, 9.17) is 0 Å². The Morgan fingerprint density at radius 1 is 0.829 bits per heavy atom. The van der Waals surface area contributed by atoms with Gasteiger partial charge < -0.3 is 15.5 Å². The number of phenolic OH excluding ortho intramolecular Hbond substituents is 2. The highest BCUT2D eigenvalue weighted by Crippen LogP contribution is 2.53. The molecule has 2 fully saturated rings. The molecular weight excluding hydrogens is 446 g/mol. The maximum Gasteiger partial charge on any atom is 0.250 e. The van der Waals surface area contributed by atoms with Gasteiger partial charge in [0.05, 0.1) is 18.4 Å². The molecule has 3 aliphatic heterocycles. The van der Waals surface area contributed by atoms with Crippen molar-refractivity contribution < 1.29 is 24.6 Å². The molecule has 3 aromatic rings. The fourth-order valence-electron chi connectivity index (χ4n) is 5.86. The number of fused-ring (bicyclic) bond motifs is 4. The normalized spacial score (nSPS) is 26.8. The van der Waals surface area contributed by atoms with Gasteiger partial charge in [-0.15, -0.1) is 0 Å². The van der Waals surface area contributed by atoms with Crippen LogP contribution in [-0.2, 0) is 32.9 Å². The Hall–Kier alpha value is -4.17. The number of imide groups is 1. The topological polar surface area (TPSA) is 119 Å². The van der Waals surface area contributed by atoms with E-state index < -0.39 is 23.4 Å². The quantitative estimate of drug-likeness (QED) is 0.344. The van der Waals surface area contributed by atoms with E-state index in [0.717, 1.165) is 5.56 Å². The highest BCUT2D eigenvalue weighted by Gasteiger charge is 2.70. The van der Waals surface area contributed by atoms with E-state index in [-0.39, 0.29) is 42.2 Å². The molecule has 3 heterocycles. The van der Waals surface area contributed by atoms with Gasteiger partial charge in [-0.3, -0.25) is 24.6 Å². The molecule has 35 heavy (non-hydrogen) atoms. The van der Waals surface area contributed by atoms with E-state index in [2.05, 4.69) is 10.6 Å². The smallest absolute Gasteiger partial charge is 0.250 e. The second-order valence-electron chi connectivity index (χ2n) is 9.34. The zero-order chi connectivity index (χ0) is 24.3. The molecule has 4 N–H and O–H groups in total. The number of rotatable bonds is 4. The first-order valence-electron chi connectivity index (χ1n) is 11.5. The number of amides is 3. The van der Waals surface area contributed by atoms with Gasteiger partial charge in [0, 0.05) is 17.3 Å². The number of likely N-dealkylation sites (tertiary alicyclic amines) is 1. The summed E-state index contributed by atoms with van der Waals surface area (Å²) in [6.07, 6.45) is 0.282. The van der Waals surface area contributed by atoms with Crippen LogP contribution in [0.4, 0.5) is 5.69 Å². The van der Waals surface area contributed by atoms with Gasteiger partial charge in [-0.2, -0.15) is 0 Å². The Balaban J connectivity index is 1.44. The minimum atomic E-state index is -1.37. The molecule has 8 heteroatoms. The molecule has 0 aliphatic carbocycles. The zero-order valence-electron chi connectivity index (χ0n) is 18.6. The first-order valence-corrected chi connectivity index (χ1v) is 11.5. The third-order valence-corrected chi connectivity index (χ3v) is 7.39. The van der Waals surface area contributed by atoms with Gasteiger partial charge in [0.1, 0.15) is 5.54 Å². The molecular formula is C27H23N3O5. The van der Waals surface area contributed by atoms with E-state index in [0.29, 0.717) is 16.8 Å². The molecule has 2 saturated heterocycles. The van der Waals surface area contributed by atoms with Crippen LogP contribution >= 0.6 is 0 Å². The summed E-state index contributed by atoms with van der Waals surface area (Å²) in [5, 5.41) is 25.9. The molecule has 0 bridgehead atoms. The highest BCUT2D eigenvalue weighted by molar-refractivity contribution is 6.15. The van der Waals surface area contributed by atoms with Gasteiger partial charge in [-0.1, -0.05) is 54.6 Å². The minimum absolute atomic E-state index is 0.136. The van der Waals surface area contributed by atoms with Crippen molar-refractivity contribution >= 4 is 23.4 Å². The Labute approximate surface area is 201 Å². The lowest BCUT2D eigenvalue weighted by molar-refractivity contribution is -0.143. The highest BCUT2D eigenvalue weighted by atomic mass is 16.3. The monoisotopic (exact) mass is 469 g/mol. The predicted molar refractivity (Wildman–Crippen MR) is 126 cm³/mol. The van der Waals surface area contributed by atoms with E-state index in [1.54, 1.807) is 12.1 Å². The summed E-state index contributed by atoms with van der Waals surface area (Å²) in [4.78, 5) is 42.3. The number of aromatic hydroxyl groups is 2. The molecule has 176 valence electrons. The third kappa shape index (κ3) is 3.06. The van der Waals surface area contributed by atoms with E-state index in [9.17, 15) is 24.6 Å². The molecule has 1 spiro atoms. The van der Waals surface area contributed by atoms with Crippen LogP contribution in [0.5, 0.6) is 11.5 Å². The van der Waals surface area contributed by atoms with Crippen molar-refractivity contribution in [1.29, 1.82) is 0 Å². The zero-order valence-corrected chi connectivity index (χ0v) is 18.6. The van der Waals surface area contributed by atoms with Gasteiger partial charge in [0.15, 0.2) is 11.5 Å². The molecule has 3 aromatic carbocycles. The van der Waals surface area contributed by atoms with Crippen molar-refractivity contribution in [3.8, 4) is 11.5 Å². The minimum Gasteiger partial charge on any atom is -0.504 e. The van der Waals surface area contributed by atoms with Crippen LogP contribution in [0.2, 0.25) is 0 Å². The summed E-state index contributed by atoms with van der Waals surface area (Å²) in [6.45, 7) is 0.136. The standard InChI is InChI=1S/C27H23N3O5/c31-20-11-10-16(13-21(20)32)12-19-22-23(25(34)30(24(22)33)14-15-6-2-1-3-7-15)27(29-19)17-8-4-5-9-18(17)28-26(27)35/h1-11,13,19,22-23,29,31-32H,12,14H2,(H,28,35)/t19-,22-,23+,27+/m0/s1. The van der Waals surface area contributed by atoms with E-state index >= 15 is 0 Å². The molecule has 3 amide bonds. The van der Waals surface area contributed by atoms with Gasteiger partial charge in [0.25, 0.3) is 0 Å². The number of carbonyl (C=O) groups excluding carboxylic acids is 3. The van der Waals surface area contributed by atoms with Crippen LogP contribution in [0, 0.1) is 11.8 Å². The Morgan fingerprint density at radius 3 is 2.34 bits per heavy atom. The van der Waals surface area contributed by atoms with Crippen LogP contribution in [0.1, 0.15) is 16.7 Å². The van der Waals surface area contributed by atoms with Crippen molar-refractivity contribution in [2.45, 2.75) is 24.5 Å². The van der Waals surface area contributed by atoms with Crippen LogP contribution in [-0.4, -0.2) is 38.9 Å². The number of anilines is 1. The van der Waals surface area contributed by atoms with Gasteiger partial charge >= 0.3 is 0 Å². The Morgan fingerprint density at radius 2 is 1.57 bits per heavy atom. The molecule has 8 nitrogen and oxygen atoms in total. The van der Waals surface area contributed by atoms with Crippen molar-refractivity contribution in [3.63, 3.8) is 0 Å². The van der Waals surface area contributed by atoms with Crippen LogP contribution in [0.3, 0.4) is 0 Å². The lowest BCUT2D eigenvalue weighted by Crippen LogP contribution is -2.53. The lowest BCUT2D eigenvalue weighted by Gasteiger charge is -2.29. The molecule has 0 unspecified atom stereocenters. The average molecular weight is 469 g/mol. The fourth-order valence-corrected chi connectivity index (χ4v) is 5.86. The Kier molecular flexibility index (Phi) is 4.69. The largest absolute Gasteiger partial charge is 0.504 e. The number of benzene rings is 3. The number of phenols is 2. The number of nitrogens with zero attached hydrogens (tertiary/aromatic N) is 1. The predicted octanol–water partition coefficient (Wildman–Crippen LogP) is 2.26. The molecule has 6 rings (SSSR count). The summed E-state index contributed by atoms with van der Waals surface area (Å²) < 4.78 is 0. The summed E-state index contributed by atoms with van der Waals surface area (Å²) >= 11 is 0. The summed E-state index contributed by atoms with van der Waals surface area (Å²) in [5.74, 6) is -3.23. The number of hydrogen-bond acceptors (Lipinski definition) is 6. The average Bonchev–Trinajstić information content (AvgIpc) is 3.43. The van der Waals surface area contributed by atoms with Crippen molar-refractivity contribution in [3.05, 3.63) is 89.5 Å². The molecule has 3 aliphatic rings. The number of hydrogen-bond donors (Lipinski definition) is 4. The second kappa shape index (κ2) is 7.68. The SMILES string of the molecule is O=C1[C@H]2[C@H](Cc3ccc(O)c(O)c3)N[C@@]3(C(=O)Nc4ccccc43)[C@H]2C(=O)N1Cc1ccccc1. The maximum absolute atomic E-state index is 13.8. The maximum atomic E-state index is 13.8. The second-order valence-corrected chi connectivity index (χ2v) is 9.34. The molecule has 0 radical (unpaired) electrons. The summed E-state index contributed by atoms with van der Waals surface area (Å²) in [5.41, 5.74) is 1.39. The van der Waals surface area contributed by atoms with Crippen LogP contribution < -0.4 is 10.6 Å². The Bertz CT molecular complexity index is 1370. The first kappa shape index (κ1) is 21.4. The van der Waals surface area contributed by atoms with Crippen molar-refractivity contribution in [1.82, 2.24) is 10.2 Å². The van der Waals surface area contributed by atoms with Gasteiger partial charge in [0.2, 0.25) is 17.7 Å². The van der Waals surface area contributed by atoms with E-state index in [1.807, 2.05) is 48.5 Å². The van der Waals surface area contributed by atoms with Crippen LogP contribution in [0.15, 0.2) is 72.8 Å². The van der Waals surface area contributed by atoms with Gasteiger partial charge in [-0.25, -0.2) is 0 Å². The van der Waals surface area contributed by atoms with Crippen LogP contribution in [0.25, 0.3) is 0 Å². The first-order chi connectivity index (χ1) is 16.9. The number of para-hydroxylation sites is 1. The van der Waals surface area contributed by atoms with Crippen molar-refractivity contribution in [2.75, 3.05) is 5.32 Å². The third-order valence-electron chi connectivity index (χ3n) is 7.39. The number of nitrogens with one attached hydrogen (secondary N) is 2.